The van der Waals surface area contributed by atoms with E-state index >= 15 is 0 Å². The molecule has 11 nitrogen and oxygen atoms in total. The fourth-order valence-corrected chi connectivity index (χ4v) is 3.46. The van der Waals surface area contributed by atoms with E-state index in [1.165, 1.54) is 23.4 Å². The van der Waals surface area contributed by atoms with Crippen LogP contribution in [0.5, 0.6) is 0 Å². The van der Waals surface area contributed by atoms with Gasteiger partial charge < -0.3 is 15.2 Å². The van der Waals surface area contributed by atoms with Crippen LogP contribution in [0.4, 0.5) is 11.5 Å². The first-order chi connectivity index (χ1) is 15.2. The molecular weight excluding hydrogens is 438 g/mol. The van der Waals surface area contributed by atoms with E-state index in [4.69, 9.17) is 15.2 Å². The van der Waals surface area contributed by atoms with Gasteiger partial charge in [0.1, 0.15) is 10.8 Å². The number of aromatic amines is 1. The molecule has 1 amide bonds. The average molecular weight is 466 g/mol. The molecule has 2 aromatic heterocycles. The van der Waals surface area contributed by atoms with Crippen LogP contribution in [0, 0.1) is 5.92 Å². The van der Waals surface area contributed by atoms with Crippen molar-refractivity contribution in [1.82, 2.24) is 14.5 Å². The predicted octanol–water partition coefficient (Wildman–Crippen LogP) is 0.728. The maximum Gasteiger partial charge on any atom is 0.341 e. The van der Waals surface area contributed by atoms with E-state index in [-0.39, 0.29) is 42.7 Å². The molecule has 0 aliphatic rings. The number of hydrogen-bond donors (Lipinski definition) is 2. The van der Waals surface area contributed by atoms with E-state index in [9.17, 15) is 19.2 Å². The smallest absolute Gasteiger partial charge is 0.341 e. The number of thioether (sulfide) groups is 1. The molecule has 0 bridgehead atoms. The first kappa shape index (κ1) is 25.1. The molecule has 174 valence electrons. The number of carbonyl (C=O) groups excluding carboxylic acids is 2. The van der Waals surface area contributed by atoms with E-state index < -0.39 is 29.7 Å². The second-order valence-corrected chi connectivity index (χ2v) is 7.97. The maximum atomic E-state index is 12.9. The number of pyridine rings is 1. The van der Waals surface area contributed by atoms with Crippen molar-refractivity contribution in [1.29, 1.82) is 0 Å². The SMILES string of the molecule is COCCN(C(=O)COC(=O)c1cccnc1SC)c1c(N)n(CC(C)C)c(=O)[nH]c1=O. The van der Waals surface area contributed by atoms with Crippen LogP contribution < -0.4 is 21.9 Å². The number of nitrogens with one attached hydrogen (secondary N) is 1. The third-order valence-corrected chi connectivity index (χ3v) is 5.07. The molecule has 0 fully saturated rings. The Hall–Kier alpha value is -3.12. The second-order valence-electron chi connectivity index (χ2n) is 7.17. The molecule has 3 N–H and O–H groups in total. The van der Waals surface area contributed by atoms with Gasteiger partial charge in [0, 0.05) is 26.4 Å². The van der Waals surface area contributed by atoms with E-state index in [2.05, 4.69) is 9.97 Å². The fourth-order valence-electron chi connectivity index (χ4n) is 2.92. The van der Waals surface area contributed by atoms with Gasteiger partial charge in [-0.05, 0) is 24.3 Å². The number of carbonyl (C=O) groups is 2. The molecule has 0 unspecified atom stereocenters. The summed E-state index contributed by atoms with van der Waals surface area (Å²) in [6, 6.07) is 3.13. The average Bonchev–Trinajstić information content (AvgIpc) is 2.76. The maximum absolute atomic E-state index is 12.9. The second kappa shape index (κ2) is 11.5. The zero-order valence-corrected chi connectivity index (χ0v) is 19.2. The number of nitrogen functional groups attached to an aromatic ring is 1. The van der Waals surface area contributed by atoms with Crippen LogP contribution in [0.25, 0.3) is 0 Å². The van der Waals surface area contributed by atoms with Crippen molar-refractivity contribution >= 4 is 35.1 Å². The van der Waals surface area contributed by atoms with Gasteiger partial charge in [-0.25, -0.2) is 14.6 Å². The number of amides is 1. The number of esters is 1. The summed E-state index contributed by atoms with van der Waals surface area (Å²) in [5, 5.41) is 0.461. The Balaban J connectivity index is 2.34. The Bertz CT molecular complexity index is 1080. The molecule has 0 saturated carbocycles. The third-order valence-electron chi connectivity index (χ3n) is 4.36. The van der Waals surface area contributed by atoms with Crippen LogP contribution in [-0.4, -0.2) is 59.5 Å². The van der Waals surface area contributed by atoms with Gasteiger partial charge in [-0.1, -0.05) is 13.8 Å². The highest BCUT2D eigenvalue weighted by Gasteiger charge is 2.26. The van der Waals surface area contributed by atoms with Gasteiger partial charge in [0.15, 0.2) is 12.3 Å². The summed E-state index contributed by atoms with van der Waals surface area (Å²) < 4.78 is 11.4. The van der Waals surface area contributed by atoms with Gasteiger partial charge in [-0.2, -0.15) is 0 Å². The number of rotatable bonds is 10. The number of hydrogen-bond acceptors (Lipinski definition) is 9. The molecule has 0 atom stereocenters. The molecule has 12 heteroatoms. The van der Waals surface area contributed by atoms with Gasteiger partial charge in [-0.3, -0.25) is 24.0 Å². The Morgan fingerprint density at radius 2 is 2.06 bits per heavy atom. The highest BCUT2D eigenvalue weighted by atomic mass is 32.2. The number of anilines is 2. The molecule has 2 aromatic rings. The Labute approximate surface area is 188 Å². The summed E-state index contributed by atoms with van der Waals surface area (Å²) in [5.41, 5.74) is 4.65. The molecule has 0 saturated heterocycles. The molecule has 0 aliphatic carbocycles. The molecule has 0 spiro atoms. The lowest BCUT2D eigenvalue weighted by Crippen LogP contribution is -2.44. The Morgan fingerprint density at radius 1 is 1.34 bits per heavy atom. The zero-order chi connectivity index (χ0) is 23.8. The van der Waals surface area contributed by atoms with Gasteiger partial charge >= 0.3 is 11.7 Å². The molecule has 0 aliphatic heterocycles. The summed E-state index contributed by atoms with van der Waals surface area (Å²) in [5.74, 6) is -1.52. The van der Waals surface area contributed by atoms with E-state index in [1.807, 2.05) is 13.8 Å². The number of aromatic nitrogens is 3. The minimum Gasteiger partial charge on any atom is -0.452 e. The van der Waals surface area contributed by atoms with Gasteiger partial charge in [0.05, 0.1) is 12.2 Å². The third kappa shape index (κ3) is 5.98. The number of nitrogens with zero attached hydrogens (tertiary/aromatic N) is 3. The first-order valence-corrected chi connectivity index (χ1v) is 11.0. The highest BCUT2D eigenvalue weighted by Crippen LogP contribution is 2.19. The van der Waals surface area contributed by atoms with Crippen LogP contribution in [0.2, 0.25) is 0 Å². The standard InChI is InChI=1S/C20H27N5O6S/c1-12(2)10-25-16(21)15(17(27)23-20(25)29)24(8-9-30-3)14(26)11-31-19(28)13-6-5-7-22-18(13)32-4/h5-7,12H,8-11,21H2,1-4H3,(H,23,27,29). The molecular formula is C20H27N5O6S. The van der Waals surface area contributed by atoms with Crippen LogP contribution in [0.1, 0.15) is 24.2 Å². The predicted molar refractivity (Wildman–Crippen MR) is 121 cm³/mol. The van der Waals surface area contributed by atoms with Crippen molar-refractivity contribution in [3.63, 3.8) is 0 Å². The fraction of sp³-hybridized carbons (Fsp3) is 0.450. The van der Waals surface area contributed by atoms with Crippen LogP contribution >= 0.6 is 11.8 Å². The molecule has 32 heavy (non-hydrogen) atoms. The molecule has 0 radical (unpaired) electrons. The molecule has 2 rings (SSSR count). The topological polar surface area (TPSA) is 150 Å². The van der Waals surface area contributed by atoms with Crippen molar-refractivity contribution < 1.29 is 19.1 Å². The van der Waals surface area contributed by atoms with Crippen LogP contribution in [-0.2, 0) is 20.8 Å². The van der Waals surface area contributed by atoms with E-state index in [1.54, 1.807) is 24.6 Å². The van der Waals surface area contributed by atoms with E-state index in [0.717, 1.165) is 4.90 Å². The summed E-state index contributed by atoms with van der Waals surface area (Å²) in [6.07, 6.45) is 3.30. The monoisotopic (exact) mass is 465 g/mol. The number of nitrogens with two attached hydrogens (primary N) is 1. The summed E-state index contributed by atoms with van der Waals surface area (Å²) >= 11 is 1.27. The van der Waals surface area contributed by atoms with Crippen molar-refractivity contribution in [3.8, 4) is 0 Å². The quantitative estimate of drug-likeness (QED) is 0.382. The lowest BCUT2D eigenvalue weighted by atomic mass is 10.2. The lowest BCUT2D eigenvalue weighted by Gasteiger charge is -2.24. The van der Waals surface area contributed by atoms with Crippen molar-refractivity contribution in [2.45, 2.75) is 25.4 Å². The zero-order valence-electron chi connectivity index (χ0n) is 18.4. The van der Waals surface area contributed by atoms with Crippen LogP contribution in [0.15, 0.2) is 32.9 Å². The summed E-state index contributed by atoms with van der Waals surface area (Å²) in [7, 11) is 1.43. The minimum absolute atomic E-state index is 0.0387. The summed E-state index contributed by atoms with van der Waals surface area (Å²) in [4.78, 5) is 57.5. The van der Waals surface area contributed by atoms with Crippen molar-refractivity contribution in [2.24, 2.45) is 5.92 Å². The molecule has 0 aromatic carbocycles. The van der Waals surface area contributed by atoms with Gasteiger partial charge in [-0.15, -0.1) is 11.8 Å². The Morgan fingerprint density at radius 3 is 2.69 bits per heavy atom. The largest absolute Gasteiger partial charge is 0.452 e. The van der Waals surface area contributed by atoms with Gasteiger partial charge in [0.2, 0.25) is 0 Å². The number of methoxy groups -OCH3 is 1. The number of H-pyrrole nitrogens is 1. The van der Waals surface area contributed by atoms with Gasteiger partial charge in [0.25, 0.3) is 11.5 Å². The highest BCUT2D eigenvalue weighted by molar-refractivity contribution is 7.98. The normalized spacial score (nSPS) is 10.9. The van der Waals surface area contributed by atoms with Crippen LogP contribution in [0.3, 0.4) is 0 Å². The van der Waals surface area contributed by atoms with Crippen molar-refractivity contribution in [2.75, 3.05) is 43.8 Å². The Kier molecular flexibility index (Phi) is 9.02. The van der Waals surface area contributed by atoms with E-state index in [0.29, 0.717) is 5.03 Å². The lowest BCUT2D eigenvalue weighted by molar-refractivity contribution is -0.121. The molecule has 2 heterocycles. The van der Waals surface area contributed by atoms with Crippen molar-refractivity contribution in [3.05, 3.63) is 44.7 Å². The minimum atomic E-state index is -0.819. The first-order valence-electron chi connectivity index (χ1n) is 9.79. The summed E-state index contributed by atoms with van der Waals surface area (Å²) in [6.45, 7) is 3.41. The number of ether oxygens (including phenoxy) is 2.